The van der Waals surface area contributed by atoms with Crippen LogP contribution in [0.1, 0.15) is 11.1 Å². The lowest BCUT2D eigenvalue weighted by atomic mass is 10.1. The molecule has 0 unspecified atom stereocenters. The second kappa shape index (κ2) is 9.01. The monoisotopic (exact) mass is 494 g/mol. The Hall–Kier alpha value is -2.75. The first-order chi connectivity index (χ1) is 15.0. The van der Waals surface area contributed by atoms with Gasteiger partial charge in [-0.2, -0.15) is 0 Å². The number of nitrogens with one attached hydrogen (secondary N) is 1. The topological polar surface area (TPSA) is 92.8 Å². The van der Waals surface area contributed by atoms with Gasteiger partial charge in [0.1, 0.15) is 5.75 Å². The molecule has 32 heavy (non-hydrogen) atoms. The number of anilines is 2. The molecule has 7 nitrogen and oxygen atoms in total. The molecule has 0 heterocycles. The number of sulfonamides is 2. The summed E-state index contributed by atoms with van der Waals surface area (Å²) >= 11 is 5.86. The summed E-state index contributed by atoms with van der Waals surface area (Å²) in [4.78, 5) is -0.0967. The zero-order chi connectivity index (χ0) is 23.7. The maximum absolute atomic E-state index is 13.1. The molecule has 3 aromatic carbocycles. The van der Waals surface area contributed by atoms with Gasteiger partial charge in [-0.3, -0.25) is 9.03 Å². The van der Waals surface area contributed by atoms with E-state index in [1.54, 1.807) is 13.0 Å². The molecule has 0 saturated heterocycles. The SMILES string of the molecule is COc1ccc(S(=O)(=O)Nc2cc(C)ccc2C)cc1N(C)S(=O)(=O)c1ccc(Cl)cc1. The molecule has 0 saturated carbocycles. The average molecular weight is 495 g/mol. The van der Waals surface area contributed by atoms with Crippen molar-refractivity contribution in [2.75, 3.05) is 23.2 Å². The minimum Gasteiger partial charge on any atom is -0.495 e. The van der Waals surface area contributed by atoms with Gasteiger partial charge in [0.2, 0.25) is 0 Å². The molecule has 0 spiro atoms. The van der Waals surface area contributed by atoms with Crippen molar-refractivity contribution in [2.24, 2.45) is 0 Å². The van der Waals surface area contributed by atoms with Crippen LogP contribution in [0.5, 0.6) is 5.75 Å². The normalized spacial score (nSPS) is 11.8. The molecule has 3 rings (SSSR count). The minimum absolute atomic E-state index is 0.00761. The quantitative estimate of drug-likeness (QED) is 0.518. The first-order valence-corrected chi connectivity index (χ1v) is 12.8. The Balaban J connectivity index is 2.04. The molecule has 0 aliphatic heterocycles. The Morgan fingerprint density at radius 2 is 1.50 bits per heavy atom. The number of aryl methyl sites for hydroxylation is 2. The lowest BCUT2D eigenvalue weighted by molar-refractivity contribution is 0.415. The summed E-state index contributed by atoms with van der Waals surface area (Å²) in [5, 5.41) is 0.398. The van der Waals surface area contributed by atoms with Crippen LogP contribution in [0.3, 0.4) is 0 Å². The predicted octanol–water partition coefficient (Wildman–Crippen LogP) is 4.59. The van der Waals surface area contributed by atoms with Gasteiger partial charge in [-0.05, 0) is 73.5 Å². The van der Waals surface area contributed by atoms with E-state index >= 15 is 0 Å². The van der Waals surface area contributed by atoms with Gasteiger partial charge in [0.15, 0.2) is 0 Å². The van der Waals surface area contributed by atoms with E-state index in [2.05, 4.69) is 4.72 Å². The number of hydrogen-bond donors (Lipinski definition) is 1. The third-order valence-corrected chi connectivity index (χ3v) is 8.31. The van der Waals surface area contributed by atoms with E-state index in [0.29, 0.717) is 10.7 Å². The van der Waals surface area contributed by atoms with E-state index in [1.807, 2.05) is 19.1 Å². The van der Waals surface area contributed by atoms with E-state index in [4.69, 9.17) is 16.3 Å². The highest BCUT2D eigenvalue weighted by atomic mass is 35.5. The Labute approximate surface area is 193 Å². The molecule has 1 N–H and O–H groups in total. The molecular formula is C22H23ClN2O5S2. The third kappa shape index (κ3) is 4.85. The molecule has 0 amide bonds. The second-order valence-electron chi connectivity index (χ2n) is 7.18. The molecule has 170 valence electrons. The van der Waals surface area contributed by atoms with Crippen molar-refractivity contribution < 1.29 is 21.6 Å². The maximum Gasteiger partial charge on any atom is 0.264 e. The number of rotatable bonds is 7. The highest BCUT2D eigenvalue weighted by Gasteiger charge is 2.26. The van der Waals surface area contributed by atoms with Crippen molar-refractivity contribution in [2.45, 2.75) is 23.6 Å². The average Bonchev–Trinajstić information content (AvgIpc) is 2.75. The number of hydrogen-bond acceptors (Lipinski definition) is 5. The maximum atomic E-state index is 13.1. The number of nitrogens with zero attached hydrogens (tertiary/aromatic N) is 1. The molecule has 0 radical (unpaired) electrons. The van der Waals surface area contributed by atoms with Gasteiger partial charge in [0.25, 0.3) is 20.0 Å². The van der Waals surface area contributed by atoms with Gasteiger partial charge in [-0.1, -0.05) is 23.7 Å². The van der Waals surface area contributed by atoms with Crippen molar-refractivity contribution in [1.82, 2.24) is 0 Å². The Morgan fingerprint density at radius 1 is 0.875 bits per heavy atom. The van der Waals surface area contributed by atoms with Gasteiger partial charge in [0.05, 0.1) is 28.3 Å². The summed E-state index contributed by atoms with van der Waals surface area (Å²) in [7, 11) is -5.28. The van der Waals surface area contributed by atoms with Gasteiger partial charge in [-0.15, -0.1) is 0 Å². The smallest absolute Gasteiger partial charge is 0.264 e. The standard InChI is InChI=1S/C22H23ClN2O5S2/c1-15-5-6-16(2)20(13-15)24-31(26,27)19-11-12-22(30-4)21(14-19)25(3)32(28,29)18-9-7-17(23)8-10-18/h5-14,24H,1-4H3. The van der Waals surface area contributed by atoms with Crippen molar-refractivity contribution in [3.8, 4) is 5.75 Å². The molecule has 10 heteroatoms. The van der Waals surface area contributed by atoms with Crippen molar-refractivity contribution in [3.63, 3.8) is 0 Å². The number of benzene rings is 3. The fourth-order valence-corrected chi connectivity index (χ4v) is 5.49. The number of ether oxygens (including phenoxy) is 1. The number of methoxy groups -OCH3 is 1. The molecule has 0 aromatic heterocycles. The number of halogens is 1. The van der Waals surface area contributed by atoms with Crippen molar-refractivity contribution in [1.29, 1.82) is 0 Å². The Morgan fingerprint density at radius 3 is 2.12 bits per heavy atom. The first kappa shape index (κ1) is 23.9. The lowest BCUT2D eigenvalue weighted by Gasteiger charge is -2.22. The molecule has 0 aliphatic carbocycles. The summed E-state index contributed by atoms with van der Waals surface area (Å²) in [5.41, 5.74) is 2.18. The summed E-state index contributed by atoms with van der Waals surface area (Å²) in [5.74, 6) is 0.204. The van der Waals surface area contributed by atoms with Gasteiger partial charge >= 0.3 is 0 Å². The zero-order valence-electron chi connectivity index (χ0n) is 18.0. The van der Waals surface area contributed by atoms with E-state index in [0.717, 1.165) is 15.4 Å². The predicted molar refractivity (Wildman–Crippen MR) is 127 cm³/mol. The molecule has 0 fully saturated rings. The summed E-state index contributed by atoms with van der Waals surface area (Å²) < 4.78 is 61.2. The van der Waals surface area contributed by atoms with Crippen molar-refractivity contribution in [3.05, 3.63) is 76.8 Å². The van der Waals surface area contributed by atoms with E-state index in [9.17, 15) is 16.8 Å². The van der Waals surface area contributed by atoms with Crippen LogP contribution in [0, 0.1) is 13.8 Å². The Bertz CT molecular complexity index is 1360. The van der Waals surface area contributed by atoms with Gasteiger partial charge in [0, 0.05) is 12.1 Å². The molecular weight excluding hydrogens is 472 g/mol. The van der Waals surface area contributed by atoms with Gasteiger partial charge in [-0.25, -0.2) is 16.8 Å². The van der Waals surface area contributed by atoms with Crippen molar-refractivity contribution >= 4 is 43.0 Å². The van der Waals surface area contributed by atoms with Crippen LogP contribution in [0.15, 0.2) is 70.5 Å². The van der Waals surface area contributed by atoms with E-state index in [-0.39, 0.29) is 21.2 Å². The van der Waals surface area contributed by atoms with Crippen LogP contribution < -0.4 is 13.8 Å². The lowest BCUT2D eigenvalue weighted by Crippen LogP contribution is -2.27. The highest BCUT2D eigenvalue weighted by molar-refractivity contribution is 7.93. The Kier molecular flexibility index (Phi) is 6.73. The zero-order valence-corrected chi connectivity index (χ0v) is 20.3. The third-order valence-electron chi connectivity index (χ3n) is 4.91. The fraction of sp³-hybridized carbons (Fsp3) is 0.182. The molecule has 0 bridgehead atoms. The fourth-order valence-electron chi connectivity index (χ4n) is 3.03. The van der Waals surface area contributed by atoms with Crippen LogP contribution in [0.4, 0.5) is 11.4 Å². The van der Waals surface area contributed by atoms with Gasteiger partial charge < -0.3 is 4.74 Å². The van der Waals surface area contributed by atoms with Crippen LogP contribution in [0.25, 0.3) is 0 Å². The molecule has 0 atom stereocenters. The van der Waals surface area contributed by atoms with Crippen LogP contribution in [0.2, 0.25) is 5.02 Å². The highest BCUT2D eigenvalue weighted by Crippen LogP contribution is 2.34. The first-order valence-electron chi connectivity index (χ1n) is 9.48. The summed E-state index contributed by atoms with van der Waals surface area (Å²) in [6, 6.07) is 15.2. The molecule has 3 aromatic rings. The van der Waals surface area contributed by atoms with E-state index < -0.39 is 20.0 Å². The minimum atomic E-state index is -4.00. The van der Waals surface area contributed by atoms with E-state index in [1.165, 1.54) is 56.6 Å². The largest absolute Gasteiger partial charge is 0.495 e. The van der Waals surface area contributed by atoms with Crippen LogP contribution in [-0.2, 0) is 20.0 Å². The molecule has 0 aliphatic rings. The summed E-state index contributed by atoms with van der Waals surface area (Å²) in [6.07, 6.45) is 0. The van der Waals surface area contributed by atoms with Crippen LogP contribution in [-0.4, -0.2) is 31.0 Å². The second-order valence-corrected chi connectivity index (χ2v) is 11.3. The van der Waals surface area contributed by atoms with Crippen LogP contribution >= 0.6 is 11.6 Å². The summed E-state index contributed by atoms with van der Waals surface area (Å²) in [6.45, 7) is 3.66.